The molecule has 0 saturated carbocycles. The number of amides is 1. The van der Waals surface area contributed by atoms with Gasteiger partial charge in [-0.25, -0.2) is 4.79 Å². The van der Waals surface area contributed by atoms with Crippen LogP contribution in [0.5, 0.6) is 0 Å². The van der Waals surface area contributed by atoms with Crippen molar-refractivity contribution in [2.75, 3.05) is 18.5 Å². The number of carbonyl (C=O) groups is 2. The molecule has 0 radical (unpaired) electrons. The molecule has 0 atom stereocenters. The van der Waals surface area contributed by atoms with Crippen LogP contribution < -0.4 is 5.32 Å². The molecule has 0 aliphatic rings. The van der Waals surface area contributed by atoms with E-state index < -0.39 is 41.9 Å². The summed E-state index contributed by atoms with van der Waals surface area (Å²) in [5.41, 5.74) is 0.184. The summed E-state index contributed by atoms with van der Waals surface area (Å²) in [7, 11) is 0. The van der Waals surface area contributed by atoms with Crippen molar-refractivity contribution in [2.24, 2.45) is 0 Å². The number of alkyl halides is 3. The number of nitrogens with zero attached hydrogens (tertiary/aromatic N) is 1. The van der Waals surface area contributed by atoms with E-state index in [1.807, 2.05) is 0 Å². The van der Waals surface area contributed by atoms with Gasteiger partial charge in [-0.3, -0.25) is 14.9 Å². The van der Waals surface area contributed by atoms with Gasteiger partial charge in [-0.05, 0) is 29.8 Å². The zero-order chi connectivity index (χ0) is 22.3. The molecule has 0 aromatic heterocycles. The molecule has 0 unspecified atom stereocenters. The molecular formula is C18H14ClF3N2O6. The molecule has 1 amide bonds. The predicted molar refractivity (Wildman–Crippen MR) is 99.2 cm³/mol. The molecule has 8 nitrogen and oxygen atoms in total. The third-order valence-electron chi connectivity index (χ3n) is 3.49. The van der Waals surface area contributed by atoms with Crippen molar-refractivity contribution in [3.8, 4) is 0 Å². The summed E-state index contributed by atoms with van der Waals surface area (Å²) in [5, 5.41) is 13.1. The first-order chi connectivity index (χ1) is 14.0. The van der Waals surface area contributed by atoms with Gasteiger partial charge in [0.05, 0.1) is 17.1 Å². The van der Waals surface area contributed by atoms with Crippen LogP contribution in [0.2, 0.25) is 5.02 Å². The van der Waals surface area contributed by atoms with Gasteiger partial charge in [-0.15, -0.1) is 0 Å². The lowest BCUT2D eigenvalue weighted by Crippen LogP contribution is -2.21. The zero-order valence-electron chi connectivity index (χ0n) is 15.1. The lowest BCUT2D eigenvalue weighted by molar-refractivity contribution is -0.384. The molecule has 0 saturated heterocycles. The van der Waals surface area contributed by atoms with Crippen LogP contribution in [0.15, 0.2) is 42.5 Å². The van der Waals surface area contributed by atoms with Crippen LogP contribution in [0.3, 0.4) is 0 Å². The molecule has 0 spiro atoms. The Morgan fingerprint density at radius 1 is 1.13 bits per heavy atom. The van der Waals surface area contributed by atoms with E-state index in [0.29, 0.717) is 5.56 Å². The predicted octanol–water partition coefficient (Wildman–Crippen LogP) is 4.12. The SMILES string of the molecule is O=C(COC(=O)c1ccc(COCC(F)(F)F)cc1)Nc1ccc(Cl)c([N+](=O)[O-])c1. The maximum Gasteiger partial charge on any atom is 0.411 e. The van der Waals surface area contributed by atoms with Crippen LogP contribution in [-0.4, -0.2) is 36.2 Å². The van der Waals surface area contributed by atoms with Gasteiger partial charge in [0, 0.05) is 11.8 Å². The van der Waals surface area contributed by atoms with Gasteiger partial charge < -0.3 is 14.8 Å². The van der Waals surface area contributed by atoms with Crippen molar-refractivity contribution in [3.63, 3.8) is 0 Å². The summed E-state index contributed by atoms with van der Waals surface area (Å²) in [6, 6.07) is 9.04. The minimum atomic E-state index is -4.43. The van der Waals surface area contributed by atoms with Crippen LogP contribution in [0.4, 0.5) is 24.5 Å². The average Bonchev–Trinajstić information content (AvgIpc) is 2.67. The second-order valence-electron chi connectivity index (χ2n) is 5.85. The normalized spacial score (nSPS) is 11.1. The Morgan fingerprint density at radius 3 is 2.40 bits per heavy atom. The van der Waals surface area contributed by atoms with Gasteiger partial charge in [0.1, 0.15) is 11.6 Å². The highest BCUT2D eigenvalue weighted by Gasteiger charge is 2.27. The van der Waals surface area contributed by atoms with Crippen molar-refractivity contribution >= 4 is 34.9 Å². The minimum absolute atomic E-state index is 0.0736. The first kappa shape index (κ1) is 23.1. The number of hydrogen-bond acceptors (Lipinski definition) is 6. The number of anilines is 1. The van der Waals surface area contributed by atoms with Crippen molar-refractivity contribution in [3.05, 3.63) is 68.7 Å². The van der Waals surface area contributed by atoms with Crippen molar-refractivity contribution in [2.45, 2.75) is 12.8 Å². The topological polar surface area (TPSA) is 108 Å². The Bertz CT molecular complexity index is 935. The number of hydrogen-bond donors (Lipinski definition) is 1. The van der Waals surface area contributed by atoms with Crippen LogP contribution in [-0.2, 0) is 20.9 Å². The third-order valence-corrected chi connectivity index (χ3v) is 3.80. The second kappa shape index (κ2) is 10.0. The number of rotatable bonds is 8. The fraction of sp³-hybridized carbons (Fsp3) is 0.222. The number of nitrogens with one attached hydrogen (secondary N) is 1. The molecule has 2 aromatic carbocycles. The number of carbonyl (C=O) groups excluding carboxylic acids is 2. The highest BCUT2D eigenvalue weighted by Crippen LogP contribution is 2.27. The summed E-state index contributed by atoms with van der Waals surface area (Å²) in [6.07, 6.45) is -4.43. The number of nitro groups is 1. The Hall–Kier alpha value is -3.18. The summed E-state index contributed by atoms with van der Waals surface area (Å²) >= 11 is 5.68. The fourth-order valence-corrected chi connectivity index (χ4v) is 2.35. The van der Waals surface area contributed by atoms with Crippen LogP contribution in [0, 0.1) is 10.1 Å². The number of benzene rings is 2. The molecule has 0 bridgehead atoms. The van der Waals surface area contributed by atoms with Crippen molar-refractivity contribution < 1.29 is 37.2 Å². The molecule has 0 heterocycles. The monoisotopic (exact) mass is 446 g/mol. The van der Waals surface area contributed by atoms with Gasteiger partial charge >= 0.3 is 12.1 Å². The zero-order valence-corrected chi connectivity index (χ0v) is 15.8. The van der Waals surface area contributed by atoms with E-state index in [2.05, 4.69) is 10.1 Å². The molecule has 2 rings (SSSR count). The molecular weight excluding hydrogens is 433 g/mol. The van der Waals surface area contributed by atoms with Crippen LogP contribution in [0.1, 0.15) is 15.9 Å². The summed E-state index contributed by atoms with van der Waals surface area (Å²) in [6.45, 7) is -2.33. The van der Waals surface area contributed by atoms with E-state index in [0.717, 1.165) is 6.07 Å². The van der Waals surface area contributed by atoms with Crippen LogP contribution in [0.25, 0.3) is 0 Å². The van der Waals surface area contributed by atoms with E-state index in [1.54, 1.807) is 0 Å². The summed E-state index contributed by atoms with van der Waals surface area (Å²) in [4.78, 5) is 34.0. The Labute approximate surface area is 172 Å². The first-order valence-corrected chi connectivity index (χ1v) is 8.57. The number of esters is 1. The highest BCUT2D eigenvalue weighted by molar-refractivity contribution is 6.32. The standard InChI is InChI=1S/C18H14ClF3N2O6/c19-14-6-5-13(7-15(14)24(27)28)23-16(25)9-30-17(26)12-3-1-11(2-4-12)8-29-10-18(20,21)22/h1-7H,8-10H2,(H,23,25). The maximum atomic E-state index is 12.0. The van der Waals surface area contributed by atoms with Gasteiger partial charge in [-0.1, -0.05) is 23.7 Å². The molecule has 160 valence electrons. The van der Waals surface area contributed by atoms with E-state index >= 15 is 0 Å². The molecule has 1 N–H and O–H groups in total. The second-order valence-corrected chi connectivity index (χ2v) is 6.26. The van der Waals surface area contributed by atoms with E-state index in [1.165, 1.54) is 36.4 Å². The van der Waals surface area contributed by atoms with Gasteiger partial charge in [0.2, 0.25) is 0 Å². The van der Waals surface area contributed by atoms with E-state index in [4.69, 9.17) is 16.3 Å². The third kappa shape index (κ3) is 7.33. The number of ether oxygens (including phenoxy) is 2. The minimum Gasteiger partial charge on any atom is -0.452 e. The molecule has 0 aliphatic heterocycles. The first-order valence-electron chi connectivity index (χ1n) is 8.19. The molecule has 30 heavy (non-hydrogen) atoms. The van der Waals surface area contributed by atoms with Gasteiger partial charge in [0.15, 0.2) is 6.61 Å². The fourth-order valence-electron chi connectivity index (χ4n) is 2.16. The molecule has 12 heteroatoms. The van der Waals surface area contributed by atoms with Crippen LogP contribution >= 0.6 is 11.6 Å². The molecule has 0 aliphatic carbocycles. The smallest absolute Gasteiger partial charge is 0.411 e. The molecule has 2 aromatic rings. The Balaban J connectivity index is 1.84. The quantitative estimate of drug-likeness (QED) is 0.371. The highest BCUT2D eigenvalue weighted by atomic mass is 35.5. The Morgan fingerprint density at radius 2 is 1.80 bits per heavy atom. The van der Waals surface area contributed by atoms with Gasteiger partial charge in [-0.2, -0.15) is 13.2 Å². The van der Waals surface area contributed by atoms with E-state index in [-0.39, 0.29) is 22.9 Å². The Kier molecular flexibility index (Phi) is 7.72. The van der Waals surface area contributed by atoms with Crippen molar-refractivity contribution in [1.29, 1.82) is 0 Å². The van der Waals surface area contributed by atoms with Gasteiger partial charge in [0.25, 0.3) is 11.6 Å². The number of nitro benzene ring substituents is 1. The molecule has 0 fully saturated rings. The summed E-state index contributed by atoms with van der Waals surface area (Å²) < 4.78 is 45.4. The average molecular weight is 447 g/mol. The summed E-state index contributed by atoms with van der Waals surface area (Å²) in [5.74, 6) is -1.58. The van der Waals surface area contributed by atoms with E-state index in [9.17, 15) is 32.9 Å². The van der Waals surface area contributed by atoms with Crippen molar-refractivity contribution in [1.82, 2.24) is 0 Å². The lowest BCUT2D eigenvalue weighted by atomic mass is 10.1. The largest absolute Gasteiger partial charge is 0.452 e. The lowest BCUT2D eigenvalue weighted by Gasteiger charge is -2.09. The number of halogens is 4. The maximum absolute atomic E-state index is 12.0.